The van der Waals surface area contributed by atoms with E-state index in [4.69, 9.17) is 4.52 Å². The van der Waals surface area contributed by atoms with Crippen LogP contribution in [0.2, 0.25) is 0 Å². The largest absolute Gasteiger partial charge is 0.361 e. The molecule has 1 heterocycles. The molecule has 86 valence electrons. The summed E-state index contributed by atoms with van der Waals surface area (Å²) in [7, 11) is 0. The molecule has 1 rings (SSSR count). The van der Waals surface area contributed by atoms with Crippen LogP contribution in [0.4, 0.5) is 0 Å². The molecule has 1 aromatic heterocycles. The van der Waals surface area contributed by atoms with Gasteiger partial charge in [-0.15, -0.1) is 0 Å². The Morgan fingerprint density at radius 1 is 1.20 bits per heavy atom. The molecule has 0 saturated heterocycles. The number of hydrogen-bond donors (Lipinski definition) is 1. The maximum absolute atomic E-state index is 5.10. The zero-order chi connectivity index (χ0) is 11.1. The summed E-state index contributed by atoms with van der Waals surface area (Å²) in [6.45, 7) is 8.16. The Balaban J connectivity index is 2.15. The highest BCUT2D eigenvalue weighted by Crippen LogP contribution is 2.11. The Hall–Kier alpha value is -0.830. The minimum atomic E-state index is 0.882. The summed E-state index contributed by atoms with van der Waals surface area (Å²) in [5.74, 6) is 0.938. The highest BCUT2D eigenvalue weighted by Gasteiger charge is 2.07. The minimum Gasteiger partial charge on any atom is -0.361 e. The second-order valence-electron chi connectivity index (χ2n) is 4.04. The van der Waals surface area contributed by atoms with E-state index in [0.29, 0.717) is 0 Å². The maximum atomic E-state index is 5.10. The van der Waals surface area contributed by atoms with E-state index < -0.39 is 0 Å². The second-order valence-corrected chi connectivity index (χ2v) is 4.04. The smallest absolute Gasteiger partial charge is 0.138 e. The molecule has 0 aliphatic heterocycles. The molecule has 0 spiro atoms. The van der Waals surface area contributed by atoms with Crippen LogP contribution in [0.25, 0.3) is 0 Å². The molecule has 15 heavy (non-hydrogen) atoms. The fourth-order valence-electron chi connectivity index (χ4n) is 1.64. The van der Waals surface area contributed by atoms with Gasteiger partial charge in [0.25, 0.3) is 0 Å². The summed E-state index contributed by atoms with van der Waals surface area (Å²) in [6.07, 6.45) is 5.22. The van der Waals surface area contributed by atoms with Crippen molar-refractivity contribution in [3.63, 3.8) is 0 Å². The fraction of sp³-hybridized carbons (Fsp3) is 0.750. The van der Waals surface area contributed by atoms with Crippen molar-refractivity contribution in [2.75, 3.05) is 6.54 Å². The van der Waals surface area contributed by atoms with Crippen LogP contribution >= 0.6 is 0 Å². The molecular weight excluding hydrogens is 188 g/mol. The highest BCUT2D eigenvalue weighted by atomic mass is 16.5. The molecule has 0 unspecified atom stereocenters. The first-order chi connectivity index (χ1) is 7.25. The van der Waals surface area contributed by atoms with Gasteiger partial charge in [0.1, 0.15) is 5.76 Å². The lowest BCUT2D eigenvalue weighted by Crippen LogP contribution is -2.15. The number of aromatic nitrogens is 1. The second kappa shape index (κ2) is 6.62. The van der Waals surface area contributed by atoms with Crippen molar-refractivity contribution in [1.29, 1.82) is 0 Å². The van der Waals surface area contributed by atoms with Crippen LogP contribution in [-0.4, -0.2) is 11.7 Å². The first-order valence-electron chi connectivity index (χ1n) is 5.88. The summed E-state index contributed by atoms with van der Waals surface area (Å²) in [5, 5.41) is 7.36. The van der Waals surface area contributed by atoms with Gasteiger partial charge in [-0.1, -0.05) is 31.3 Å². The summed E-state index contributed by atoms with van der Waals surface area (Å²) in [4.78, 5) is 0. The standard InChI is InChI=1S/C12H22N2O/c1-4-5-6-7-8-13-9-12-10(2)14-15-11(12)3/h13H,4-9H2,1-3H3. The molecule has 0 aliphatic rings. The van der Waals surface area contributed by atoms with E-state index in [-0.39, 0.29) is 0 Å². The lowest BCUT2D eigenvalue weighted by atomic mass is 10.2. The highest BCUT2D eigenvalue weighted by molar-refractivity contribution is 5.20. The van der Waals surface area contributed by atoms with Crippen LogP contribution in [0.15, 0.2) is 4.52 Å². The predicted octanol–water partition coefficient (Wildman–Crippen LogP) is 2.96. The van der Waals surface area contributed by atoms with Crippen molar-refractivity contribution >= 4 is 0 Å². The van der Waals surface area contributed by atoms with Crippen molar-refractivity contribution in [2.24, 2.45) is 0 Å². The van der Waals surface area contributed by atoms with Crippen molar-refractivity contribution in [3.8, 4) is 0 Å². The van der Waals surface area contributed by atoms with E-state index in [1.807, 2.05) is 13.8 Å². The van der Waals surface area contributed by atoms with Gasteiger partial charge in [0.05, 0.1) is 5.69 Å². The van der Waals surface area contributed by atoms with Gasteiger partial charge in [-0.2, -0.15) is 0 Å². The maximum Gasteiger partial charge on any atom is 0.138 e. The summed E-state index contributed by atoms with van der Waals surface area (Å²) >= 11 is 0. The molecule has 0 amide bonds. The zero-order valence-corrected chi connectivity index (χ0v) is 10.1. The van der Waals surface area contributed by atoms with Crippen LogP contribution in [0.1, 0.15) is 49.6 Å². The third-order valence-corrected chi connectivity index (χ3v) is 2.69. The molecule has 3 heteroatoms. The molecule has 0 bridgehead atoms. The Morgan fingerprint density at radius 2 is 2.00 bits per heavy atom. The zero-order valence-electron chi connectivity index (χ0n) is 10.1. The fourth-order valence-corrected chi connectivity index (χ4v) is 1.64. The van der Waals surface area contributed by atoms with E-state index >= 15 is 0 Å². The minimum absolute atomic E-state index is 0.882. The lowest BCUT2D eigenvalue weighted by Gasteiger charge is -2.03. The van der Waals surface area contributed by atoms with Crippen molar-refractivity contribution in [3.05, 3.63) is 17.0 Å². The summed E-state index contributed by atoms with van der Waals surface area (Å²) in [5.41, 5.74) is 2.22. The molecule has 0 aromatic carbocycles. The van der Waals surface area contributed by atoms with Crippen molar-refractivity contribution in [2.45, 2.75) is 53.0 Å². The van der Waals surface area contributed by atoms with Crippen LogP contribution in [0, 0.1) is 13.8 Å². The van der Waals surface area contributed by atoms with Gasteiger partial charge in [-0.25, -0.2) is 0 Å². The summed E-state index contributed by atoms with van der Waals surface area (Å²) in [6, 6.07) is 0. The number of hydrogen-bond acceptors (Lipinski definition) is 3. The van der Waals surface area contributed by atoms with Gasteiger partial charge < -0.3 is 9.84 Å². The van der Waals surface area contributed by atoms with Crippen LogP contribution in [0.5, 0.6) is 0 Å². The normalized spacial score (nSPS) is 10.9. The van der Waals surface area contributed by atoms with Gasteiger partial charge >= 0.3 is 0 Å². The number of aryl methyl sites for hydroxylation is 2. The van der Waals surface area contributed by atoms with Gasteiger partial charge in [-0.3, -0.25) is 0 Å². The topological polar surface area (TPSA) is 38.1 Å². The number of nitrogens with one attached hydrogen (secondary N) is 1. The van der Waals surface area contributed by atoms with E-state index in [1.54, 1.807) is 0 Å². The van der Waals surface area contributed by atoms with Gasteiger partial charge in [-0.05, 0) is 26.8 Å². The van der Waals surface area contributed by atoms with E-state index in [0.717, 1.165) is 24.5 Å². The molecular formula is C12H22N2O. The number of nitrogens with zero attached hydrogens (tertiary/aromatic N) is 1. The molecule has 0 saturated carbocycles. The van der Waals surface area contributed by atoms with Crippen LogP contribution < -0.4 is 5.32 Å². The van der Waals surface area contributed by atoms with E-state index in [9.17, 15) is 0 Å². The Morgan fingerprint density at radius 3 is 2.60 bits per heavy atom. The van der Waals surface area contributed by atoms with E-state index in [2.05, 4.69) is 17.4 Å². The SMILES string of the molecule is CCCCCCNCc1c(C)noc1C. The molecule has 0 aliphatic carbocycles. The molecule has 0 fully saturated rings. The average molecular weight is 210 g/mol. The molecule has 0 atom stereocenters. The molecule has 0 radical (unpaired) electrons. The average Bonchev–Trinajstić information content (AvgIpc) is 2.54. The Bertz CT molecular complexity index is 262. The molecule has 1 aromatic rings. The van der Waals surface area contributed by atoms with Gasteiger partial charge in [0.15, 0.2) is 0 Å². The van der Waals surface area contributed by atoms with Gasteiger partial charge in [0.2, 0.25) is 0 Å². The van der Waals surface area contributed by atoms with Crippen molar-refractivity contribution in [1.82, 2.24) is 10.5 Å². The third-order valence-electron chi connectivity index (χ3n) is 2.69. The first kappa shape index (κ1) is 12.2. The number of rotatable bonds is 7. The number of unbranched alkanes of at least 4 members (excludes halogenated alkanes) is 3. The van der Waals surface area contributed by atoms with E-state index in [1.165, 1.54) is 31.2 Å². The lowest BCUT2D eigenvalue weighted by molar-refractivity contribution is 0.392. The summed E-state index contributed by atoms with van der Waals surface area (Å²) < 4.78 is 5.10. The Kier molecular flexibility index (Phi) is 5.40. The molecule has 3 nitrogen and oxygen atoms in total. The first-order valence-corrected chi connectivity index (χ1v) is 5.88. The van der Waals surface area contributed by atoms with Gasteiger partial charge in [0, 0.05) is 12.1 Å². The van der Waals surface area contributed by atoms with Crippen LogP contribution in [0.3, 0.4) is 0 Å². The monoisotopic (exact) mass is 210 g/mol. The van der Waals surface area contributed by atoms with Crippen LogP contribution in [-0.2, 0) is 6.54 Å². The third kappa shape index (κ3) is 4.04. The Labute approximate surface area is 92.2 Å². The predicted molar refractivity (Wildman–Crippen MR) is 61.8 cm³/mol. The molecule has 1 N–H and O–H groups in total. The van der Waals surface area contributed by atoms with Crippen molar-refractivity contribution < 1.29 is 4.52 Å². The quantitative estimate of drug-likeness (QED) is 0.703.